The summed E-state index contributed by atoms with van der Waals surface area (Å²) >= 11 is 1.15. The summed E-state index contributed by atoms with van der Waals surface area (Å²) in [6, 6.07) is 12.9. The highest BCUT2D eigenvalue weighted by Gasteiger charge is 2.38. The number of hydrogen-bond donors (Lipinski definition) is 1. The van der Waals surface area contributed by atoms with Crippen molar-refractivity contribution < 1.29 is 13.5 Å². The standard InChI is InChI=1S/C20H20N2O4S2/c1-12-7-8-16(13(2)9-12)22-19(24)14-5-3-4-6-15(14)21-20(22)27-18-11-28(25,26)10-17(18)23/h3-9,17-18,23H,10-11H2,1-2H3/t17-,18-/m1/s1. The van der Waals surface area contributed by atoms with Gasteiger partial charge in [-0.2, -0.15) is 0 Å². The minimum absolute atomic E-state index is 0.131. The van der Waals surface area contributed by atoms with Crippen molar-refractivity contribution in [2.75, 3.05) is 11.5 Å². The highest BCUT2D eigenvalue weighted by Crippen LogP contribution is 2.32. The molecule has 1 N–H and O–H groups in total. The summed E-state index contributed by atoms with van der Waals surface area (Å²) in [6.07, 6.45) is -0.981. The highest BCUT2D eigenvalue weighted by atomic mass is 32.2. The molecular formula is C20H20N2O4S2. The third kappa shape index (κ3) is 3.47. The maximum Gasteiger partial charge on any atom is 0.266 e. The first kappa shape index (κ1) is 19.2. The Kier molecular flexibility index (Phi) is 4.81. The van der Waals surface area contributed by atoms with Crippen molar-refractivity contribution in [3.05, 3.63) is 63.9 Å². The van der Waals surface area contributed by atoms with Crippen LogP contribution in [0.5, 0.6) is 0 Å². The second kappa shape index (κ2) is 7.02. The number of rotatable bonds is 3. The van der Waals surface area contributed by atoms with E-state index in [4.69, 9.17) is 0 Å². The Morgan fingerprint density at radius 1 is 1.14 bits per heavy atom. The molecule has 0 saturated carbocycles. The second-order valence-electron chi connectivity index (χ2n) is 7.14. The zero-order valence-corrected chi connectivity index (χ0v) is 17.1. The van der Waals surface area contributed by atoms with E-state index in [1.807, 2.05) is 32.0 Å². The molecule has 2 heterocycles. The van der Waals surface area contributed by atoms with Crippen LogP contribution in [0.1, 0.15) is 11.1 Å². The summed E-state index contributed by atoms with van der Waals surface area (Å²) < 4.78 is 25.3. The highest BCUT2D eigenvalue weighted by molar-refractivity contribution is 8.01. The van der Waals surface area contributed by atoms with Gasteiger partial charge in [0.05, 0.1) is 39.4 Å². The number of para-hydroxylation sites is 1. The quantitative estimate of drug-likeness (QED) is 0.659. The van der Waals surface area contributed by atoms with E-state index < -0.39 is 21.2 Å². The van der Waals surface area contributed by atoms with E-state index in [1.165, 1.54) is 4.57 Å². The van der Waals surface area contributed by atoms with Crippen LogP contribution in [-0.2, 0) is 9.84 Å². The molecule has 0 spiro atoms. The zero-order chi connectivity index (χ0) is 20.1. The Morgan fingerprint density at radius 2 is 1.89 bits per heavy atom. The molecule has 0 aliphatic carbocycles. The van der Waals surface area contributed by atoms with Gasteiger partial charge < -0.3 is 5.11 Å². The number of fused-ring (bicyclic) bond motifs is 1. The molecule has 0 radical (unpaired) electrons. The zero-order valence-electron chi connectivity index (χ0n) is 15.5. The molecule has 6 nitrogen and oxygen atoms in total. The van der Waals surface area contributed by atoms with E-state index >= 15 is 0 Å². The number of aryl methyl sites for hydroxylation is 2. The largest absolute Gasteiger partial charge is 0.391 e. The number of hydrogen-bond acceptors (Lipinski definition) is 6. The van der Waals surface area contributed by atoms with Gasteiger partial charge in [-0.05, 0) is 37.6 Å². The molecule has 0 amide bonds. The van der Waals surface area contributed by atoms with Gasteiger partial charge in [0.25, 0.3) is 5.56 Å². The fourth-order valence-electron chi connectivity index (χ4n) is 3.50. The first-order valence-electron chi connectivity index (χ1n) is 8.90. The number of sulfone groups is 1. The van der Waals surface area contributed by atoms with Crippen LogP contribution in [-0.4, -0.2) is 45.9 Å². The third-order valence-corrected chi connectivity index (χ3v) is 8.06. The minimum atomic E-state index is -3.29. The van der Waals surface area contributed by atoms with Crippen molar-refractivity contribution in [3.63, 3.8) is 0 Å². The van der Waals surface area contributed by atoms with E-state index in [-0.39, 0.29) is 17.1 Å². The fourth-order valence-corrected chi connectivity index (χ4v) is 7.09. The number of nitrogens with zero attached hydrogens (tertiary/aromatic N) is 2. The molecule has 1 aliphatic rings. The lowest BCUT2D eigenvalue weighted by Gasteiger charge is -2.18. The summed E-state index contributed by atoms with van der Waals surface area (Å²) in [6.45, 7) is 3.90. The fraction of sp³-hybridized carbons (Fsp3) is 0.300. The van der Waals surface area contributed by atoms with Gasteiger partial charge in [-0.1, -0.05) is 41.6 Å². The minimum Gasteiger partial charge on any atom is -0.391 e. The Bertz CT molecular complexity index is 1230. The summed E-state index contributed by atoms with van der Waals surface area (Å²) in [5, 5.41) is 10.5. The molecule has 0 unspecified atom stereocenters. The van der Waals surface area contributed by atoms with Crippen molar-refractivity contribution in [2.24, 2.45) is 0 Å². The number of thioether (sulfide) groups is 1. The summed E-state index contributed by atoms with van der Waals surface area (Å²) in [5.41, 5.74) is 3.03. The smallest absolute Gasteiger partial charge is 0.266 e. The number of benzene rings is 2. The van der Waals surface area contributed by atoms with Crippen LogP contribution in [0.25, 0.3) is 16.6 Å². The van der Waals surface area contributed by atoms with Crippen LogP contribution in [0.2, 0.25) is 0 Å². The van der Waals surface area contributed by atoms with Crippen molar-refractivity contribution in [1.82, 2.24) is 9.55 Å². The van der Waals surface area contributed by atoms with Gasteiger partial charge in [0.2, 0.25) is 0 Å². The van der Waals surface area contributed by atoms with Gasteiger partial charge >= 0.3 is 0 Å². The maximum absolute atomic E-state index is 13.3. The molecular weight excluding hydrogens is 396 g/mol. The van der Waals surface area contributed by atoms with Crippen molar-refractivity contribution >= 4 is 32.5 Å². The van der Waals surface area contributed by atoms with Crippen LogP contribution in [0.4, 0.5) is 0 Å². The predicted octanol–water partition coefficient (Wildman–Crippen LogP) is 2.25. The Balaban J connectivity index is 1.93. The summed E-state index contributed by atoms with van der Waals surface area (Å²) in [7, 11) is -3.29. The molecule has 1 aromatic heterocycles. The monoisotopic (exact) mass is 416 g/mol. The second-order valence-corrected chi connectivity index (χ2v) is 10.5. The molecule has 2 aromatic carbocycles. The molecule has 1 saturated heterocycles. The average molecular weight is 417 g/mol. The first-order chi connectivity index (χ1) is 13.2. The Morgan fingerprint density at radius 3 is 2.57 bits per heavy atom. The molecule has 146 valence electrons. The van der Waals surface area contributed by atoms with Crippen molar-refractivity contribution in [2.45, 2.75) is 30.4 Å². The van der Waals surface area contributed by atoms with Crippen LogP contribution >= 0.6 is 11.8 Å². The van der Waals surface area contributed by atoms with Crippen molar-refractivity contribution in [1.29, 1.82) is 0 Å². The van der Waals surface area contributed by atoms with E-state index in [0.29, 0.717) is 21.7 Å². The molecule has 3 aromatic rings. The first-order valence-corrected chi connectivity index (χ1v) is 11.6. The van der Waals surface area contributed by atoms with E-state index in [2.05, 4.69) is 4.98 Å². The van der Waals surface area contributed by atoms with Gasteiger partial charge in [0.15, 0.2) is 15.0 Å². The Hall–Kier alpha value is -2.16. The van der Waals surface area contributed by atoms with Crippen LogP contribution < -0.4 is 5.56 Å². The van der Waals surface area contributed by atoms with Crippen LogP contribution in [0.15, 0.2) is 52.4 Å². The molecule has 1 fully saturated rings. The topological polar surface area (TPSA) is 89.3 Å². The van der Waals surface area contributed by atoms with Gasteiger partial charge in [0.1, 0.15) is 0 Å². The number of aromatic nitrogens is 2. The molecule has 4 rings (SSSR count). The summed E-state index contributed by atoms with van der Waals surface area (Å²) in [5.74, 6) is -0.388. The number of aliphatic hydroxyl groups excluding tert-OH is 1. The Labute approximate surface area is 167 Å². The number of aliphatic hydroxyl groups is 1. The molecule has 0 bridgehead atoms. The van der Waals surface area contributed by atoms with E-state index in [1.54, 1.807) is 24.3 Å². The van der Waals surface area contributed by atoms with E-state index in [9.17, 15) is 18.3 Å². The normalized spacial score (nSPS) is 21.2. The molecule has 1 aliphatic heterocycles. The summed E-state index contributed by atoms with van der Waals surface area (Å²) in [4.78, 5) is 17.9. The SMILES string of the molecule is Cc1ccc(-n2c(S[C@@H]3CS(=O)(=O)C[C@H]3O)nc3ccccc3c2=O)c(C)c1. The van der Waals surface area contributed by atoms with Gasteiger partial charge in [0, 0.05) is 0 Å². The lowest BCUT2D eigenvalue weighted by Crippen LogP contribution is -2.26. The predicted molar refractivity (Wildman–Crippen MR) is 111 cm³/mol. The van der Waals surface area contributed by atoms with Crippen molar-refractivity contribution in [3.8, 4) is 5.69 Å². The molecule has 8 heteroatoms. The molecule has 2 atom stereocenters. The van der Waals surface area contributed by atoms with Gasteiger partial charge in [-0.25, -0.2) is 13.4 Å². The van der Waals surface area contributed by atoms with Gasteiger partial charge in [-0.3, -0.25) is 9.36 Å². The lowest BCUT2D eigenvalue weighted by atomic mass is 10.1. The maximum atomic E-state index is 13.3. The van der Waals surface area contributed by atoms with E-state index in [0.717, 1.165) is 22.9 Å². The lowest BCUT2D eigenvalue weighted by molar-refractivity contribution is 0.207. The van der Waals surface area contributed by atoms with Crippen LogP contribution in [0.3, 0.4) is 0 Å². The van der Waals surface area contributed by atoms with Gasteiger partial charge in [-0.15, -0.1) is 0 Å². The third-order valence-electron chi connectivity index (χ3n) is 4.87. The van der Waals surface area contributed by atoms with Crippen LogP contribution in [0, 0.1) is 13.8 Å². The average Bonchev–Trinajstić information content (AvgIpc) is 2.88. The molecule has 28 heavy (non-hydrogen) atoms.